The second-order valence-corrected chi connectivity index (χ2v) is 11.3. The van der Waals surface area contributed by atoms with Crippen LogP contribution in [0.1, 0.15) is 112 Å². The highest BCUT2D eigenvalue weighted by molar-refractivity contribution is 6.60. The van der Waals surface area contributed by atoms with Gasteiger partial charge in [0.15, 0.2) is 0 Å². The lowest BCUT2D eigenvalue weighted by Gasteiger charge is -2.37. The van der Waals surface area contributed by atoms with E-state index < -0.39 is 8.80 Å². The Morgan fingerprint density at radius 1 is 0.679 bits per heavy atom. The summed E-state index contributed by atoms with van der Waals surface area (Å²) in [5, 5.41) is 0. The Kier molecular flexibility index (Phi) is 16.8. The third kappa shape index (κ3) is 13.3. The molecule has 28 heavy (non-hydrogen) atoms. The summed E-state index contributed by atoms with van der Waals surface area (Å²) in [7, 11) is -2.65. The third-order valence-corrected chi connectivity index (χ3v) is 8.73. The minimum atomic E-state index is -2.65. The Bertz CT molecular complexity index is 330. The van der Waals surface area contributed by atoms with E-state index in [-0.39, 0.29) is 5.54 Å². The van der Waals surface area contributed by atoms with E-state index >= 15 is 0 Å². The largest absolute Gasteiger partial charge is 0.501 e. The fraction of sp³-hybridized carbons (Fsp3) is 1.00. The molecule has 0 amide bonds. The van der Waals surface area contributed by atoms with E-state index in [1.54, 1.807) is 0 Å². The lowest BCUT2D eigenvalue weighted by molar-refractivity contribution is 0.0626. The van der Waals surface area contributed by atoms with Gasteiger partial charge in [-0.05, 0) is 47.0 Å². The quantitative estimate of drug-likeness (QED) is 0.177. The van der Waals surface area contributed by atoms with E-state index in [9.17, 15) is 0 Å². The molecule has 0 fully saturated rings. The maximum atomic E-state index is 6.55. The highest BCUT2D eigenvalue weighted by Gasteiger charge is 2.45. The molecule has 0 aromatic heterocycles. The molecule has 0 saturated carbocycles. The molecule has 0 aliphatic rings. The summed E-state index contributed by atoms with van der Waals surface area (Å²) in [4.78, 5) is 0. The van der Waals surface area contributed by atoms with Crippen LogP contribution in [0.25, 0.3) is 0 Å². The van der Waals surface area contributed by atoms with Crippen LogP contribution in [0.5, 0.6) is 0 Å². The van der Waals surface area contributed by atoms with Gasteiger partial charge in [-0.2, -0.15) is 0 Å². The first-order chi connectivity index (χ1) is 13.3. The molecule has 170 valence electrons. The van der Waals surface area contributed by atoms with Gasteiger partial charge in [-0.25, -0.2) is 0 Å². The van der Waals surface area contributed by atoms with Crippen molar-refractivity contribution in [1.29, 1.82) is 0 Å². The van der Waals surface area contributed by atoms with Crippen molar-refractivity contribution in [1.82, 2.24) is 0 Å². The van der Waals surface area contributed by atoms with Crippen LogP contribution >= 0.6 is 0 Å². The minimum Gasteiger partial charge on any atom is -0.374 e. The van der Waals surface area contributed by atoms with Crippen LogP contribution in [0, 0.1) is 5.92 Å². The van der Waals surface area contributed by atoms with Gasteiger partial charge in [-0.3, -0.25) is 0 Å². The normalized spacial score (nSPS) is 13.8. The van der Waals surface area contributed by atoms with Crippen molar-refractivity contribution in [2.45, 2.75) is 124 Å². The Hall–Kier alpha value is 0.0569. The first-order valence-corrected chi connectivity index (χ1v) is 14.0. The Morgan fingerprint density at radius 2 is 1.07 bits per heavy atom. The highest BCUT2D eigenvalue weighted by atomic mass is 28.4. The van der Waals surface area contributed by atoms with Crippen LogP contribution in [-0.2, 0) is 13.3 Å². The van der Waals surface area contributed by atoms with Crippen molar-refractivity contribution < 1.29 is 13.3 Å². The van der Waals surface area contributed by atoms with Crippen LogP contribution in [0.15, 0.2) is 0 Å². The second-order valence-electron chi connectivity index (χ2n) is 8.68. The first-order valence-electron chi connectivity index (χ1n) is 12.1. The van der Waals surface area contributed by atoms with Gasteiger partial charge in [-0.15, -0.1) is 0 Å². The molecule has 1 unspecified atom stereocenters. The summed E-state index contributed by atoms with van der Waals surface area (Å²) in [5.41, 5.74) is 6.30. The van der Waals surface area contributed by atoms with E-state index in [0.717, 1.165) is 12.5 Å². The van der Waals surface area contributed by atoms with Gasteiger partial charge in [0.25, 0.3) is 0 Å². The van der Waals surface area contributed by atoms with E-state index in [1.807, 2.05) is 20.8 Å². The summed E-state index contributed by atoms with van der Waals surface area (Å²) < 4.78 is 18.2. The Labute approximate surface area is 177 Å². The Morgan fingerprint density at radius 3 is 1.43 bits per heavy atom. The van der Waals surface area contributed by atoms with Crippen LogP contribution in [0.2, 0.25) is 6.04 Å². The molecule has 1 atom stereocenters. The van der Waals surface area contributed by atoms with Crippen LogP contribution < -0.4 is 5.73 Å². The Balaban J connectivity index is 4.40. The molecule has 0 heterocycles. The fourth-order valence-electron chi connectivity index (χ4n) is 3.88. The smallest absolute Gasteiger partial charge is 0.374 e. The van der Waals surface area contributed by atoms with Gasteiger partial charge < -0.3 is 19.0 Å². The molecule has 4 nitrogen and oxygen atoms in total. The number of rotatable bonds is 20. The fourth-order valence-corrected chi connectivity index (χ4v) is 7.14. The van der Waals surface area contributed by atoms with Gasteiger partial charge >= 0.3 is 8.80 Å². The third-order valence-electron chi connectivity index (χ3n) is 5.55. The number of nitrogens with two attached hydrogens (primary N) is 1. The molecule has 0 saturated heterocycles. The molecule has 0 spiro atoms. The molecule has 0 rings (SSSR count). The van der Waals surface area contributed by atoms with Gasteiger partial charge in [0.2, 0.25) is 0 Å². The molecule has 5 heteroatoms. The summed E-state index contributed by atoms with van der Waals surface area (Å²) in [6.45, 7) is 14.5. The summed E-state index contributed by atoms with van der Waals surface area (Å²) in [6.07, 6.45) is 14.7. The lowest BCUT2D eigenvalue weighted by atomic mass is 9.85. The summed E-state index contributed by atoms with van der Waals surface area (Å²) in [5.74, 6) is 0.359. The van der Waals surface area contributed by atoms with Gasteiger partial charge in [0, 0.05) is 31.4 Å². The summed E-state index contributed by atoms with van der Waals surface area (Å²) in [6, 6.07) is 0.823. The van der Waals surface area contributed by atoms with Crippen molar-refractivity contribution in [2.24, 2.45) is 11.7 Å². The maximum Gasteiger partial charge on any atom is 0.501 e. The predicted octanol–water partition coefficient (Wildman–Crippen LogP) is 6.70. The average Bonchev–Trinajstić information content (AvgIpc) is 2.62. The van der Waals surface area contributed by atoms with Crippen LogP contribution in [0.4, 0.5) is 0 Å². The highest BCUT2D eigenvalue weighted by Crippen LogP contribution is 2.32. The topological polar surface area (TPSA) is 53.7 Å². The van der Waals surface area contributed by atoms with E-state index in [1.165, 1.54) is 64.2 Å². The van der Waals surface area contributed by atoms with Crippen LogP contribution in [0.3, 0.4) is 0 Å². The molecule has 0 radical (unpaired) electrons. The van der Waals surface area contributed by atoms with Gasteiger partial charge in [0.1, 0.15) is 0 Å². The molecule has 0 bridgehead atoms. The first kappa shape index (κ1) is 28.1. The molecular weight excluding hydrogens is 366 g/mol. The van der Waals surface area contributed by atoms with Crippen molar-refractivity contribution >= 4 is 8.80 Å². The van der Waals surface area contributed by atoms with Gasteiger partial charge in [0.05, 0.1) is 0 Å². The summed E-state index contributed by atoms with van der Waals surface area (Å²) >= 11 is 0. The second kappa shape index (κ2) is 16.8. The minimum absolute atomic E-state index is 0.247. The molecule has 0 aliphatic heterocycles. The average molecular weight is 418 g/mol. The predicted molar refractivity (Wildman–Crippen MR) is 124 cm³/mol. The zero-order valence-corrected chi connectivity index (χ0v) is 21.0. The standard InChI is InChI=1S/C23H51NO3Si/c1-7-11-12-13-14-15-16-17-18-19-20-22(23(5,6)24)21-28(25-8-2,26-9-3)27-10-4/h22H,7-21,24H2,1-6H3. The van der Waals surface area contributed by atoms with E-state index in [2.05, 4.69) is 20.8 Å². The zero-order chi connectivity index (χ0) is 21.3. The maximum absolute atomic E-state index is 6.55. The van der Waals surface area contributed by atoms with Crippen molar-refractivity contribution in [3.05, 3.63) is 0 Å². The van der Waals surface area contributed by atoms with Crippen molar-refractivity contribution in [3.8, 4) is 0 Å². The molecule has 0 aromatic carbocycles. The lowest BCUT2D eigenvalue weighted by Crippen LogP contribution is -2.52. The molecule has 0 aliphatic carbocycles. The van der Waals surface area contributed by atoms with Crippen molar-refractivity contribution in [3.63, 3.8) is 0 Å². The SMILES string of the molecule is CCCCCCCCCCCCC(C[Si](OCC)(OCC)OCC)C(C)(C)N. The number of hydrogen-bond donors (Lipinski definition) is 1. The zero-order valence-electron chi connectivity index (χ0n) is 20.0. The monoisotopic (exact) mass is 417 g/mol. The molecule has 2 N–H and O–H groups in total. The van der Waals surface area contributed by atoms with Crippen molar-refractivity contribution in [2.75, 3.05) is 19.8 Å². The van der Waals surface area contributed by atoms with E-state index in [0.29, 0.717) is 25.7 Å². The van der Waals surface area contributed by atoms with Crippen LogP contribution in [-0.4, -0.2) is 34.2 Å². The van der Waals surface area contributed by atoms with E-state index in [4.69, 9.17) is 19.0 Å². The number of unbranched alkanes of at least 4 members (excludes halogenated alkanes) is 9. The molecular formula is C23H51NO3Si. The number of hydrogen-bond acceptors (Lipinski definition) is 4. The molecule has 0 aromatic rings. The van der Waals surface area contributed by atoms with Gasteiger partial charge in [-0.1, -0.05) is 71.1 Å².